The molecule has 1 atom stereocenters. The van der Waals surface area contributed by atoms with Crippen molar-refractivity contribution < 1.29 is 23.0 Å². The second-order valence-corrected chi connectivity index (χ2v) is 6.86. The van der Waals surface area contributed by atoms with Crippen LogP contribution in [-0.4, -0.2) is 40.8 Å². The van der Waals surface area contributed by atoms with Gasteiger partial charge in [0, 0.05) is 35.0 Å². The van der Waals surface area contributed by atoms with Gasteiger partial charge in [0.15, 0.2) is 5.82 Å². The zero-order valence-electron chi connectivity index (χ0n) is 15.3. The summed E-state index contributed by atoms with van der Waals surface area (Å²) in [4.78, 5) is 0. The van der Waals surface area contributed by atoms with Crippen LogP contribution >= 0.6 is 0 Å². The number of fused-ring (bicyclic) bond motifs is 1. The maximum atomic E-state index is 12.4. The summed E-state index contributed by atoms with van der Waals surface area (Å²) in [7, 11) is 0. The summed E-state index contributed by atoms with van der Waals surface area (Å²) >= 11 is 0. The summed E-state index contributed by atoms with van der Waals surface area (Å²) in [5.74, 6) is -0.239. The predicted molar refractivity (Wildman–Crippen MR) is 103 cm³/mol. The number of aromatic hydroxyl groups is 1. The van der Waals surface area contributed by atoms with E-state index in [4.69, 9.17) is 0 Å². The molecule has 0 bridgehead atoms. The van der Waals surface area contributed by atoms with Crippen molar-refractivity contribution in [2.45, 2.75) is 25.2 Å². The number of phenols is 1. The number of ether oxygens (including phenoxy) is 1. The molecule has 0 amide bonds. The number of alkyl halides is 3. The summed E-state index contributed by atoms with van der Waals surface area (Å²) in [6.07, 6.45) is -2.74. The fourth-order valence-corrected chi connectivity index (χ4v) is 3.49. The summed E-state index contributed by atoms with van der Waals surface area (Å²) in [5.41, 5.74) is 0.651. The monoisotopic (exact) mass is 404 g/mol. The van der Waals surface area contributed by atoms with Crippen molar-refractivity contribution >= 4 is 16.6 Å². The first kappa shape index (κ1) is 19.3. The Morgan fingerprint density at radius 3 is 2.59 bits per heavy atom. The summed E-state index contributed by atoms with van der Waals surface area (Å²) in [6.45, 7) is 1.83. The van der Waals surface area contributed by atoms with Crippen LogP contribution in [0.15, 0.2) is 42.5 Å². The highest BCUT2D eigenvalue weighted by Crippen LogP contribution is 2.37. The van der Waals surface area contributed by atoms with Gasteiger partial charge in [0.25, 0.3) is 0 Å². The van der Waals surface area contributed by atoms with Gasteiger partial charge in [-0.1, -0.05) is 24.3 Å². The molecule has 1 saturated heterocycles. The number of nitrogens with zero attached hydrogens (tertiary/aromatic N) is 2. The first-order chi connectivity index (χ1) is 13.9. The van der Waals surface area contributed by atoms with Crippen LogP contribution in [0.2, 0.25) is 0 Å². The van der Waals surface area contributed by atoms with Crippen molar-refractivity contribution in [1.29, 1.82) is 0 Å². The maximum absolute atomic E-state index is 12.4. The highest BCUT2D eigenvalue weighted by Gasteiger charge is 2.31. The second kappa shape index (κ2) is 7.75. The van der Waals surface area contributed by atoms with Crippen molar-refractivity contribution in [2.75, 3.05) is 18.4 Å². The molecule has 29 heavy (non-hydrogen) atoms. The Hall–Kier alpha value is -3.07. The van der Waals surface area contributed by atoms with Crippen LogP contribution in [0.5, 0.6) is 11.5 Å². The molecule has 0 spiro atoms. The number of nitrogens with one attached hydrogen (secondary N) is 2. The zero-order valence-corrected chi connectivity index (χ0v) is 15.3. The summed E-state index contributed by atoms with van der Waals surface area (Å²) < 4.78 is 41.1. The number of aromatic nitrogens is 2. The Balaban J connectivity index is 1.71. The SMILES string of the molecule is Oc1cc(OC(F)(F)F)ccc1-c1nnc(N[C@@H]2CCCNC2)c2ccccc12. The normalized spacial score (nSPS) is 17.3. The molecule has 1 aliphatic rings. The number of phenolic OH excluding ortho intramolecular Hbond substituents is 1. The molecule has 3 aromatic rings. The minimum Gasteiger partial charge on any atom is -0.507 e. The minimum atomic E-state index is -4.83. The number of piperidine rings is 1. The van der Waals surface area contributed by atoms with Crippen molar-refractivity contribution in [3.8, 4) is 22.8 Å². The molecule has 2 heterocycles. The molecule has 2 aromatic carbocycles. The van der Waals surface area contributed by atoms with Crippen molar-refractivity contribution in [2.24, 2.45) is 0 Å². The summed E-state index contributed by atoms with van der Waals surface area (Å²) in [5, 5.41) is 27.1. The van der Waals surface area contributed by atoms with E-state index >= 15 is 0 Å². The van der Waals surface area contributed by atoms with E-state index in [0.717, 1.165) is 48.8 Å². The highest BCUT2D eigenvalue weighted by atomic mass is 19.4. The van der Waals surface area contributed by atoms with Crippen LogP contribution in [0, 0.1) is 0 Å². The molecule has 9 heteroatoms. The van der Waals surface area contributed by atoms with Gasteiger partial charge in [-0.15, -0.1) is 23.4 Å². The van der Waals surface area contributed by atoms with Crippen molar-refractivity contribution in [3.63, 3.8) is 0 Å². The molecular formula is C20H19F3N4O2. The van der Waals surface area contributed by atoms with E-state index in [1.165, 1.54) is 6.07 Å². The van der Waals surface area contributed by atoms with Gasteiger partial charge in [0.2, 0.25) is 0 Å². The van der Waals surface area contributed by atoms with E-state index in [9.17, 15) is 18.3 Å². The van der Waals surface area contributed by atoms with Gasteiger partial charge in [-0.2, -0.15) is 0 Å². The predicted octanol–water partition coefficient (Wildman–Crippen LogP) is 4.06. The van der Waals surface area contributed by atoms with Gasteiger partial charge in [-0.3, -0.25) is 0 Å². The Labute approximate surface area is 164 Å². The Bertz CT molecular complexity index is 1020. The largest absolute Gasteiger partial charge is 0.573 e. The molecule has 1 fully saturated rings. The van der Waals surface area contributed by atoms with Gasteiger partial charge >= 0.3 is 6.36 Å². The van der Waals surface area contributed by atoms with Crippen LogP contribution in [0.3, 0.4) is 0 Å². The topological polar surface area (TPSA) is 79.3 Å². The Morgan fingerprint density at radius 2 is 1.90 bits per heavy atom. The van der Waals surface area contributed by atoms with E-state index in [2.05, 4.69) is 25.6 Å². The highest BCUT2D eigenvalue weighted by molar-refractivity contribution is 6.00. The lowest BCUT2D eigenvalue weighted by molar-refractivity contribution is -0.274. The third kappa shape index (κ3) is 4.34. The number of hydrogen-bond donors (Lipinski definition) is 3. The molecule has 3 N–H and O–H groups in total. The number of halogens is 3. The standard InChI is InChI=1S/C20H19F3N4O2/c21-20(22,23)29-13-7-8-16(17(28)10-13)18-14-5-1-2-6-15(14)19(27-26-18)25-12-4-3-9-24-11-12/h1-2,5-8,10,12,24,28H,3-4,9,11H2,(H,25,27)/t12-/m1/s1. The van der Waals surface area contributed by atoms with Gasteiger partial charge in [-0.25, -0.2) is 0 Å². The molecular weight excluding hydrogens is 385 g/mol. The molecule has 1 aliphatic heterocycles. The second-order valence-electron chi connectivity index (χ2n) is 6.86. The van der Waals surface area contributed by atoms with Crippen molar-refractivity contribution in [3.05, 3.63) is 42.5 Å². The third-order valence-corrected chi connectivity index (χ3v) is 4.78. The molecule has 0 unspecified atom stereocenters. The van der Waals surface area contributed by atoms with Crippen LogP contribution in [0.4, 0.5) is 19.0 Å². The van der Waals surface area contributed by atoms with Crippen LogP contribution < -0.4 is 15.4 Å². The smallest absolute Gasteiger partial charge is 0.507 e. The molecule has 0 aliphatic carbocycles. The fourth-order valence-electron chi connectivity index (χ4n) is 3.49. The fraction of sp³-hybridized carbons (Fsp3) is 0.300. The first-order valence-corrected chi connectivity index (χ1v) is 9.22. The molecule has 0 radical (unpaired) electrons. The van der Waals surface area contributed by atoms with E-state index < -0.39 is 12.1 Å². The first-order valence-electron chi connectivity index (χ1n) is 9.22. The van der Waals surface area contributed by atoms with Gasteiger partial charge in [0.05, 0.1) is 0 Å². The summed E-state index contributed by atoms with van der Waals surface area (Å²) in [6, 6.07) is 11.1. The lowest BCUT2D eigenvalue weighted by Crippen LogP contribution is -2.38. The maximum Gasteiger partial charge on any atom is 0.573 e. The quantitative estimate of drug-likeness (QED) is 0.609. The number of hydrogen-bond acceptors (Lipinski definition) is 6. The van der Waals surface area contributed by atoms with E-state index in [-0.39, 0.29) is 17.4 Å². The van der Waals surface area contributed by atoms with E-state index in [1.54, 1.807) is 0 Å². The van der Waals surface area contributed by atoms with Gasteiger partial charge in [0.1, 0.15) is 17.2 Å². The van der Waals surface area contributed by atoms with E-state index in [1.807, 2.05) is 24.3 Å². The molecule has 6 nitrogen and oxygen atoms in total. The lowest BCUT2D eigenvalue weighted by Gasteiger charge is -2.24. The number of benzene rings is 2. The molecule has 0 saturated carbocycles. The van der Waals surface area contributed by atoms with Crippen LogP contribution in [0.1, 0.15) is 12.8 Å². The average Bonchev–Trinajstić information content (AvgIpc) is 2.68. The number of rotatable bonds is 4. The third-order valence-electron chi connectivity index (χ3n) is 4.78. The van der Waals surface area contributed by atoms with Crippen LogP contribution in [-0.2, 0) is 0 Å². The Kier molecular flexibility index (Phi) is 5.14. The zero-order chi connectivity index (χ0) is 20.4. The molecule has 1 aromatic heterocycles. The van der Waals surface area contributed by atoms with Gasteiger partial charge < -0.3 is 20.5 Å². The number of anilines is 1. The van der Waals surface area contributed by atoms with E-state index in [0.29, 0.717) is 11.5 Å². The lowest BCUT2D eigenvalue weighted by atomic mass is 10.0. The van der Waals surface area contributed by atoms with Gasteiger partial charge in [-0.05, 0) is 31.5 Å². The van der Waals surface area contributed by atoms with Crippen LogP contribution in [0.25, 0.3) is 22.0 Å². The minimum absolute atomic E-state index is 0.236. The van der Waals surface area contributed by atoms with Crippen molar-refractivity contribution in [1.82, 2.24) is 15.5 Å². The average molecular weight is 404 g/mol. The molecule has 152 valence electrons. The molecule has 4 rings (SSSR count). The Morgan fingerprint density at radius 1 is 1.10 bits per heavy atom.